The zero-order chi connectivity index (χ0) is 13.6. The molecule has 0 radical (unpaired) electrons. The molecule has 1 saturated heterocycles. The van der Waals surface area contributed by atoms with E-state index in [1.54, 1.807) is 0 Å². The van der Waals surface area contributed by atoms with Gasteiger partial charge in [0.2, 0.25) is 5.91 Å². The Morgan fingerprint density at radius 3 is 2.18 bits per heavy atom. The third kappa shape index (κ3) is 5.07. The fourth-order valence-electron chi connectivity index (χ4n) is 1.93. The maximum atomic E-state index is 11.9. The first-order valence-corrected chi connectivity index (χ1v) is 6.82. The summed E-state index contributed by atoms with van der Waals surface area (Å²) in [4.78, 5) is 16.2. The number of hydrogen-bond acceptors (Lipinski definition) is 2. The summed E-state index contributed by atoms with van der Waals surface area (Å²) >= 11 is 0. The standard InChI is InChI=1S/C12H24N2O.C2H6/c1-10(2)8-11(15)14-7-6-13(5)12(3,4)9-14;1-2/h10H,6-9H2,1-5H3;1-2H3. The van der Waals surface area contributed by atoms with Gasteiger partial charge in [0.15, 0.2) is 0 Å². The van der Waals surface area contributed by atoms with Crippen LogP contribution in [0.2, 0.25) is 0 Å². The number of piperazine rings is 1. The minimum absolute atomic E-state index is 0.116. The van der Waals surface area contributed by atoms with Gasteiger partial charge in [-0.05, 0) is 26.8 Å². The van der Waals surface area contributed by atoms with Gasteiger partial charge in [-0.1, -0.05) is 27.7 Å². The molecule has 0 aliphatic carbocycles. The summed E-state index contributed by atoms with van der Waals surface area (Å²) in [5, 5.41) is 0. The lowest BCUT2D eigenvalue weighted by Gasteiger charge is -2.45. The van der Waals surface area contributed by atoms with E-state index < -0.39 is 0 Å². The lowest BCUT2D eigenvalue weighted by atomic mass is 9.99. The third-order valence-electron chi connectivity index (χ3n) is 3.25. The van der Waals surface area contributed by atoms with Crippen molar-refractivity contribution in [2.75, 3.05) is 26.7 Å². The second-order valence-corrected chi connectivity index (χ2v) is 5.65. The molecule has 3 nitrogen and oxygen atoms in total. The van der Waals surface area contributed by atoms with Crippen molar-refractivity contribution in [3.05, 3.63) is 0 Å². The van der Waals surface area contributed by atoms with Crippen molar-refractivity contribution in [1.29, 1.82) is 0 Å². The SMILES string of the molecule is CC.CC(C)CC(=O)N1CCN(C)C(C)(C)C1. The van der Waals surface area contributed by atoms with Crippen LogP contribution in [0.1, 0.15) is 48.0 Å². The predicted octanol–water partition coefficient (Wildman–Crippen LogP) is 2.61. The van der Waals surface area contributed by atoms with Crippen molar-refractivity contribution in [2.45, 2.75) is 53.5 Å². The van der Waals surface area contributed by atoms with Crippen LogP contribution in [0.3, 0.4) is 0 Å². The Morgan fingerprint density at radius 1 is 1.24 bits per heavy atom. The summed E-state index contributed by atoms with van der Waals surface area (Å²) in [6, 6.07) is 0. The number of carbonyl (C=O) groups excluding carboxylic acids is 1. The lowest BCUT2D eigenvalue weighted by molar-refractivity contribution is -0.136. The molecule has 1 amide bonds. The predicted molar refractivity (Wildman–Crippen MR) is 74.1 cm³/mol. The van der Waals surface area contributed by atoms with E-state index in [4.69, 9.17) is 0 Å². The number of hydrogen-bond donors (Lipinski definition) is 0. The molecule has 0 saturated carbocycles. The summed E-state index contributed by atoms with van der Waals surface area (Å²) in [5.74, 6) is 0.770. The van der Waals surface area contributed by atoms with Crippen LogP contribution in [0.25, 0.3) is 0 Å². The largest absolute Gasteiger partial charge is 0.340 e. The van der Waals surface area contributed by atoms with Gasteiger partial charge in [0.25, 0.3) is 0 Å². The molecule has 0 atom stereocenters. The van der Waals surface area contributed by atoms with Crippen LogP contribution in [0.4, 0.5) is 0 Å². The van der Waals surface area contributed by atoms with Crippen LogP contribution in [-0.4, -0.2) is 47.9 Å². The van der Waals surface area contributed by atoms with Crippen molar-refractivity contribution < 1.29 is 4.79 Å². The smallest absolute Gasteiger partial charge is 0.222 e. The maximum Gasteiger partial charge on any atom is 0.222 e. The van der Waals surface area contributed by atoms with Crippen molar-refractivity contribution >= 4 is 5.91 Å². The van der Waals surface area contributed by atoms with Gasteiger partial charge in [0, 0.05) is 31.6 Å². The molecule has 0 aromatic carbocycles. The van der Waals surface area contributed by atoms with Crippen molar-refractivity contribution in [3.8, 4) is 0 Å². The van der Waals surface area contributed by atoms with Crippen LogP contribution in [-0.2, 0) is 4.79 Å². The van der Waals surface area contributed by atoms with Gasteiger partial charge in [0.1, 0.15) is 0 Å². The average Bonchev–Trinajstić information content (AvgIpc) is 2.24. The number of amides is 1. The zero-order valence-electron chi connectivity index (χ0n) is 12.7. The second kappa shape index (κ2) is 7.00. The summed E-state index contributed by atoms with van der Waals surface area (Å²) < 4.78 is 0. The summed E-state index contributed by atoms with van der Waals surface area (Å²) in [6.07, 6.45) is 0.680. The molecule has 3 heteroatoms. The molecule has 1 fully saturated rings. The van der Waals surface area contributed by atoms with Crippen molar-refractivity contribution in [3.63, 3.8) is 0 Å². The molecule has 0 unspecified atom stereocenters. The Kier molecular flexibility index (Phi) is 6.76. The fourth-order valence-corrected chi connectivity index (χ4v) is 1.93. The Hall–Kier alpha value is -0.570. The van der Waals surface area contributed by atoms with Gasteiger partial charge < -0.3 is 4.90 Å². The van der Waals surface area contributed by atoms with E-state index in [0.29, 0.717) is 18.2 Å². The summed E-state index contributed by atoms with van der Waals surface area (Å²) in [7, 11) is 2.13. The topological polar surface area (TPSA) is 23.6 Å². The van der Waals surface area contributed by atoms with E-state index in [9.17, 15) is 4.79 Å². The second-order valence-electron chi connectivity index (χ2n) is 5.65. The highest BCUT2D eigenvalue weighted by Crippen LogP contribution is 2.19. The Bertz CT molecular complexity index is 236. The number of likely N-dealkylation sites (N-methyl/N-ethyl adjacent to an activating group) is 1. The molecule has 0 spiro atoms. The van der Waals surface area contributed by atoms with Gasteiger partial charge in [0.05, 0.1) is 0 Å². The fraction of sp³-hybridized carbons (Fsp3) is 0.929. The Labute approximate surface area is 107 Å². The van der Waals surface area contributed by atoms with E-state index >= 15 is 0 Å². The zero-order valence-corrected chi connectivity index (χ0v) is 12.7. The first kappa shape index (κ1) is 16.4. The molecule has 0 bridgehead atoms. The quantitative estimate of drug-likeness (QED) is 0.743. The highest BCUT2D eigenvalue weighted by atomic mass is 16.2. The first-order valence-electron chi connectivity index (χ1n) is 6.82. The van der Waals surface area contributed by atoms with E-state index in [1.165, 1.54) is 0 Å². The van der Waals surface area contributed by atoms with Crippen LogP contribution in [0, 0.1) is 5.92 Å². The van der Waals surface area contributed by atoms with E-state index in [0.717, 1.165) is 19.6 Å². The van der Waals surface area contributed by atoms with Crippen molar-refractivity contribution in [2.24, 2.45) is 5.92 Å². The molecule has 0 aromatic heterocycles. The highest BCUT2D eigenvalue weighted by molar-refractivity contribution is 5.76. The first-order chi connectivity index (χ1) is 7.83. The van der Waals surface area contributed by atoms with Crippen molar-refractivity contribution in [1.82, 2.24) is 9.80 Å². The van der Waals surface area contributed by atoms with E-state index in [2.05, 4.69) is 39.6 Å². The number of nitrogens with zero attached hydrogens (tertiary/aromatic N) is 2. The van der Waals surface area contributed by atoms with Crippen LogP contribution in [0.5, 0.6) is 0 Å². The molecule has 1 aliphatic rings. The van der Waals surface area contributed by atoms with Crippen LogP contribution in [0.15, 0.2) is 0 Å². The third-order valence-corrected chi connectivity index (χ3v) is 3.25. The number of rotatable bonds is 2. The van der Waals surface area contributed by atoms with Gasteiger partial charge in [-0.15, -0.1) is 0 Å². The maximum absolute atomic E-state index is 11.9. The molecule has 0 aromatic rings. The molecule has 102 valence electrons. The van der Waals surface area contributed by atoms with Gasteiger partial charge in [-0.25, -0.2) is 0 Å². The molecular weight excluding hydrogens is 212 g/mol. The molecule has 17 heavy (non-hydrogen) atoms. The Morgan fingerprint density at radius 2 is 1.76 bits per heavy atom. The summed E-state index contributed by atoms with van der Waals surface area (Å²) in [5.41, 5.74) is 0.116. The monoisotopic (exact) mass is 242 g/mol. The minimum atomic E-state index is 0.116. The lowest BCUT2D eigenvalue weighted by Crippen LogP contribution is -2.58. The summed E-state index contributed by atoms with van der Waals surface area (Å²) in [6.45, 7) is 15.3. The Balaban J connectivity index is 0.00000121. The van der Waals surface area contributed by atoms with E-state index in [-0.39, 0.29) is 5.54 Å². The molecule has 0 N–H and O–H groups in total. The molecule has 1 rings (SSSR count). The minimum Gasteiger partial charge on any atom is -0.340 e. The highest BCUT2D eigenvalue weighted by Gasteiger charge is 2.32. The van der Waals surface area contributed by atoms with E-state index in [1.807, 2.05) is 18.7 Å². The molecule has 1 aliphatic heterocycles. The van der Waals surface area contributed by atoms with Crippen LogP contribution < -0.4 is 0 Å². The van der Waals surface area contributed by atoms with Crippen LogP contribution >= 0.6 is 0 Å². The normalized spacial score (nSPS) is 19.9. The number of carbonyl (C=O) groups is 1. The van der Waals surface area contributed by atoms with Gasteiger partial charge in [-0.3, -0.25) is 9.69 Å². The average molecular weight is 242 g/mol. The molecule has 1 heterocycles. The van der Waals surface area contributed by atoms with Gasteiger partial charge in [-0.2, -0.15) is 0 Å². The van der Waals surface area contributed by atoms with Gasteiger partial charge >= 0.3 is 0 Å². The molecular formula is C14H30N2O.